The summed E-state index contributed by atoms with van der Waals surface area (Å²) in [5, 5.41) is 0.284. The third-order valence-electron chi connectivity index (χ3n) is 4.86. The Morgan fingerprint density at radius 1 is 0.826 bits per heavy atom. The van der Waals surface area contributed by atoms with Crippen molar-refractivity contribution < 1.29 is 4.79 Å². The van der Waals surface area contributed by atoms with Crippen LogP contribution in [0.25, 0.3) is 0 Å². The molecule has 0 aromatic carbocycles. The molecule has 2 saturated carbocycles. The maximum absolute atomic E-state index is 13.2. The van der Waals surface area contributed by atoms with Crippen molar-refractivity contribution >= 4 is 52.3 Å². The summed E-state index contributed by atoms with van der Waals surface area (Å²) in [6.07, 6.45) is 8.78. The summed E-state index contributed by atoms with van der Waals surface area (Å²) < 4.78 is 0. The van der Waals surface area contributed by atoms with Gasteiger partial charge >= 0.3 is 0 Å². The van der Waals surface area contributed by atoms with Crippen LogP contribution in [0.2, 0.25) is 20.2 Å². The molecule has 3 rings (SSSR count). The molecular weight excluding hydrogens is 378 g/mol. The van der Waals surface area contributed by atoms with E-state index in [0.717, 1.165) is 51.4 Å². The molecule has 0 bridgehead atoms. The molecule has 0 unspecified atom stereocenters. The molecule has 126 valence electrons. The van der Waals surface area contributed by atoms with Gasteiger partial charge in [-0.05, 0) is 25.7 Å². The summed E-state index contributed by atoms with van der Waals surface area (Å²) in [6.45, 7) is 0. The Kier molecular flexibility index (Phi) is 5.62. The Hall–Kier alpha value is -0.220. The van der Waals surface area contributed by atoms with Gasteiger partial charge in [0.05, 0.1) is 15.1 Å². The van der Waals surface area contributed by atoms with Crippen molar-refractivity contribution in [3.05, 3.63) is 25.9 Å². The van der Waals surface area contributed by atoms with Crippen LogP contribution in [0.1, 0.15) is 61.9 Å². The molecule has 1 aromatic rings. The largest absolute Gasteiger partial charge is 0.331 e. The third kappa shape index (κ3) is 3.44. The molecule has 0 aliphatic heterocycles. The Labute approximate surface area is 156 Å². The van der Waals surface area contributed by atoms with Crippen LogP contribution < -0.4 is 0 Å². The normalized spacial score (nSPS) is 19.5. The van der Waals surface area contributed by atoms with Crippen molar-refractivity contribution in [2.75, 3.05) is 0 Å². The SMILES string of the molecule is O=C(c1nc(Cl)c(Cl)c(Cl)c1Cl)N(C1CCCC1)C1CCCC1. The fraction of sp³-hybridized carbons (Fsp3) is 0.625. The predicted octanol–water partition coefficient (Wildman–Crippen LogP) is 6.02. The highest BCUT2D eigenvalue weighted by atomic mass is 35.5. The van der Waals surface area contributed by atoms with Gasteiger partial charge < -0.3 is 4.90 Å². The first-order chi connectivity index (χ1) is 11.0. The molecule has 0 saturated heterocycles. The number of nitrogens with zero attached hydrogens (tertiary/aromatic N) is 2. The average molecular weight is 396 g/mol. The molecule has 0 N–H and O–H groups in total. The topological polar surface area (TPSA) is 33.2 Å². The number of rotatable bonds is 3. The quantitative estimate of drug-likeness (QED) is 0.586. The molecule has 0 spiro atoms. The van der Waals surface area contributed by atoms with Gasteiger partial charge in [-0.1, -0.05) is 72.1 Å². The first-order valence-corrected chi connectivity index (χ1v) is 9.54. The predicted molar refractivity (Wildman–Crippen MR) is 95.0 cm³/mol. The van der Waals surface area contributed by atoms with Crippen molar-refractivity contribution in [2.24, 2.45) is 0 Å². The minimum absolute atomic E-state index is 0.0159. The smallest absolute Gasteiger partial charge is 0.274 e. The van der Waals surface area contributed by atoms with Gasteiger partial charge in [0.15, 0.2) is 0 Å². The van der Waals surface area contributed by atoms with E-state index in [1.54, 1.807) is 0 Å². The Morgan fingerprint density at radius 3 is 1.78 bits per heavy atom. The number of carbonyl (C=O) groups is 1. The summed E-state index contributed by atoms with van der Waals surface area (Å²) in [4.78, 5) is 19.3. The molecular formula is C16H18Cl4N2O. The van der Waals surface area contributed by atoms with E-state index in [-0.39, 0.29) is 43.9 Å². The first-order valence-electron chi connectivity index (χ1n) is 8.03. The minimum Gasteiger partial charge on any atom is -0.331 e. The van der Waals surface area contributed by atoms with Gasteiger partial charge in [-0.2, -0.15) is 0 Å². The third-order valence-corrected chi connectivity index (χ3v) is 6.54. The highest BCUT2D eigenvalue weighted by molar-refractivity contribution is 6.52. The van der Waals surface area contributed by atoms with Crippen LogP contribution in [0.15, 0.2) is 0 Å². The van der Waals surface area contributed by atoms with Gasteiger partial charge in [-0.15, -0.1) is 0 Å². The van der Waals surface area contributed by atoms with Gasteiger partial charge in [-0.3, -0.25) is 4.79 Å². The van der Waals surface area contributed by atoms with E-state index >= 15 is 0 Å². The number of carbonyl (C=O) groups excluding carboxylic acids is 1. The van der Waals surface area contributed by atoms with Gasteiger partial charge in [0.25, 0.3) is 5.91 Å². The number of amides is 1. The van der Waals surface area contributed by atoms with Gasteiger partial charge in [0.2, 0.25) is 0 Å². The standard InChI is InChI=1S/C16H18Cl4N2O/c17-11-12(18)14(21-15(20)13(11)19)16(23)22(9-5-1-2-6-9)10-7-3-4-8-10/h9-10H,1-8H2. The van der Waals surface area contributed by atoms with Crippen molar-refractivity contribution in [3.63, 3.8) is 0 Å². The van der Waals surface area contributed by atoms with Crippen molar-refractivity contribution in [1.82, 2.24) is 9.88 Å². The molecule has 0 radical (unpaired) electrons. The Balaban J connectivity index is 1.97. The number of halogens is 4. The van der Waals surface area contributed by atoms with Gasteiger partial charge in [-0.25, -0.2) is 4.98 Å². The summed E-state index contributed by atoms with van der Waals surface area (Å²) in [5.41, 5.74) is 0.116. The number of pyridine rings is 1. The second-order valence-electron chi connectivity index (χ2n) is 6.28. The first kappa shape index (κ1) is 17.6. The lowest BCUT2D eigenvalue weighted by atomic mass is 10.1. The van der Waals surface area contributed by atoms with Gasteiger partial charge in [0.1, 0.15) is 10.8 Å². The molecule has 1 amide bonds. The number of aromatic nitrogens is 1. The Bertz CT molecular complexity index is 595. The van der Waals surface area contributed by atoms with E-state index in [2.05, 4.69) is 4.98 Å². The fourth-order valence-electron chi connectivity index (χ4n) is 3.75. The van der Waals surface area contributed by atoms with E-state index in [1.165, 1.54) is 0 Å². The van der Waals surface area contributed by atoms with E-state index < -0.39 is 0 Å². The van der Waals surface area contributed by atoms with E-state index in [0.29, 0.717) is 0 Å². The van der Waals surface area contributed by atoms with Gasteiger partial charge in [0, 0.05) is 12.1 Å². The van der Waals surface area contributed by atoms with E-state index in [4.69, 9.17) is 46.4 Å². The lowest BCUT2D eigenvalue weighted by Gasteiger charge is -2.34. The molecule has 2 fully saturated rings. The molecule has 23 heavy (non-hydrogen) atoms. The van der Waals surface area contributed by atoms with Crippen LogP contribution >= 0.6 is 46.4 Å². The zero-order valence-corrected chi connectivity index (χ0v) is 15.6. The van der Waals surface area contributed by atoms with E-state index in [1.807, 2.05) is 4.90 Å². The molecule has 1 heterocycles. The van der Waals surface area contributed by atoms with Crippen LogP contribution in [0.3, 0.4) is 0 Å². The highest BCUT2D eigenvalue weighted by Crippen LogP contribution is 2.38. The van der Waals surface area contributed by atoms with E-state index in [9.17, 15) is 4.79 Å². The average Bonchev–Trinajstić information content (AvgIpc) is 3.23. The lowest BCUT2D eigenvalue weighted by Crippen LogP contribution is -2.45. The zero-order chi connectivity index (χ0) is 16.6. The second kappa shape index (κ2) is 7.35. The minimum atomic E-state index is -0.172. The molecule has 2 aliphatic carbocycles. The molecule has 1 aromatic heterocycles. The monoisotopic (exact) mass is 394 g/mol. The molecule has 3 nitrogen and oxygen atoms in total. The van der Waals surface area contributed by atoms with Crippen LogP contribution in [0, 0.1) is 0 Å². The number of hydrogen-bond acceptors (Lipinski definition) is 2. The summed E-state index contributed by atoms with van der Waals surface area (Å²) in [7, 11) is 0. The maximum Gasteiger partial charge on any atom is 0.274 e. The van der Waals surface area contributed by atoms with Crippen LogP contribution in [0.5, 0.6) is 0 Å². The van der Waals surface area contributed by atoms with Crippen LogP contribution in [-0.2, 0) is 0 Å². The van der Waals surface area contributed by atoms with Crippen molar-refractivity contribution in [1.29, 1.82) is 0 Å². The Morgan fingerprint density at radius 2 is 1.30 bits per heavy atom. The fourth-order valence-corrected chi connectivity index (χ4v) is 4.55. The molecule has 2 aliphatic rings. The highest BCUT2D eigenvalue weighted by Gasteiger charge is 2.36. The lowest BCUT2D eigenvalue weighted by molar-refractivity contribution is 0.0574. The summed E-state index contributed by atoms with van der Waals surface area (Å²) in [5.74, 6) is -0.172. The number of hydrogen-bond donors (Lipinski definition) is 0. The molecule has 0 atom stereocenters. The molecule has 7 heteroatoms. The maximum atomic E-state index is 13.2. The van der Waals surface area contributed by atoms with Crippen molar-refractivity contribution in [3.8, 4) is 0 Å². The zero-order valence-electron chi connectivity index (χ0n) is 12.6. The summed E-state index contributed by atoms with van der Waals surface area (Å²) >= 11 is 24.3. The second-order valence-corrected chi connectivity index (χ2v) is 7.77. The summed E-state index contributed by atoms with van der Waals surface area (Å²) in [6, 6.07) is 0.522. The van der Waals surface area contributed by atoms with Crippen LogP contribution in [0.4, 0.5) is 0 Å². The van der Waals surface area contributed by atoms with Crippen LogP contribution in [-0.4, -0.2) is 27.9 Å². The van der Waals surface area contributed by atoms with Crippen molar-refractivity contribution in [2.45, 2.75) is 63.5 Å².